The van der Waals surface area contributed by atoms with E-state index in [1.165, 1.54) is 28.2 Å². The normalized spacial score (nSPS) is 12.5. The van der Waals surface area contributed by atoms with Crippen LogP contribution in [0, 0.1) is 5.82 Å². The molecule has 0 N–H and O–H groups in total. The van der Waals surface area contributed by atoms with Gasteiger partial charge in [-0.1, -0.05) is 28.5 Å². The molecule has 0 radical (unpaired) electrons. The largest absolute Gasteiger partial charge is 0.337 e. The number of imidazole rings is 1. The summed E-state index contributed by atoms with van der Waals surface area (Å²) in [5.74, 6) is 0.131. The first kappa shape index (κ1) is 26.3. The average molecular weight is 501 g/mol. The molecule has 0 bridgehead atoms. The van der Waals surface area contributed by atoms with E-state index in [2.05, 4.69) is 59.9 Å². The summed E-state index contributed by atoms with van der Waals surface area (Å²) in [5.41, 5.74) is 4.61. The van der Waals surface area contributed by atoms with Crippen LogP contribution in [0.1, 0.15) is 49.6 Å². The Hall–Kier alpha value is -3.30. The number of benzene rings is 1. The predicted octanol–water partition coefficient (Wildman–Crippen LogP) is 4.80. The van der Waals surface area contributed by atoms with Crippen molar-refractivity contribution < 1.29 is 13.7 Å². The van der Waals surface area contributed by atoms with Gasteiger partial charge in [0.25, 0.3) is 5.91 Å². The average Bonchev–Trinajstić information content (AvgIpc) is 3.39. The first-order valence-corrected chi connectivity index (χ1v) is 11.2. The summed E-state index contributed by atoms with van der Waals surface area (Å²) in [7, 11) is 1.68. The molecular weight excluding hydrogens is 471 g/mol. The molecule has 1 aliphatic heterocycles. The maximum absolute atomic E-state index is 13.8. The smallest absolute Gasteiger partial charge is 0.256 e. The molecule has 2 aromatic heterocycles. The van der Waals surface area contributed by atoms with Gasteiger partial charge in [-0.25, -0.2) is 9.37 Å². The highest BCUT2D eigenvalue weighted by Gasteiger charge is 2.28. The van der Waals surface area contributed by atoms with Gasteiger partial charge in [0.15, 0.2) is 0 Å². The number of fused-ring (bicyclic) bond motifs is 3. The van der Waals surface area contributed by atoms with Crippen LogP contribution in [0.25, 0.3) is 17.2 Å². The third-order valence-electron chi connectivity index (χ3n) is 5.60. The maximum atomic E-state index is 13.8. The van der Waals surface area contributed by atoms with E-state index in [4.69, 9.17) is 4.52 Å². The molecular formula is C25H30ClFN6O2. The molecule has 3 heterocycles. The molecule has 0 spiro atoms. The highest BCUT2D eigenvalue weighted by Crippen LogP contribution is 2.29. The minimum absolute atomic E-state index is 0. The molecule has 3 aromatic rings. The molecule has 4 rings (SSSR count). The second-order valence-electron chi connectivity index (χ2n) is 9.00. The number of nitrogens with zero attached hydrogens (tertiary/aromatic N) is 6. The van der Waals surface area contributed by atoms with Crippen LogP contribution in [-0.4, -0.2) is 55.5 Å². The maximum Gasteiger partial charge on any atom is 0.256 e. The van der Waals surface area contributed by atoms with Crippen LogP contribution in [0.4, 0.5) is 4.39 Å². The molecule has 0 unspecified atom stereocenters. The van der Waals surface area contributed by atoms with Gasteiger partial charge in [-0.2, -0.15) is 4.98 Å². The van der Waals surface area contributed by atoms with Crippen molar-refractivity contribution in [2.75, 3.05) is 20.1 Å². The molecule has 0 saturated carbocycles. The fourth-order valence-electron chi connectivity index (χ4n) is 3.74. The van der Waals surface area contributed by atoms with Gasteiger partial charge in [0, 0.05) is 20.1 Å². The molecule has 10 heteroatoms. The Kier molecular flexibility index (Phi) is 8.24. The molecule has 186 valence electrons. The highest BCUT2D eigenvalue weighted by atomic mass is 35.5. The standard InChI is InChI=1S/C25H29FN6O2.ClH/c1-16(2)8-10-31(11-9-17(3)4)14-22-28-24(29-34-22)23-21-13-30(5)25(33)19-12-18(26)6-7-20(19)32(21)15-27-23;/h6-9,12,15H,10-11,13-14H2,1-5H3;1H. The van der Waals surface area contributed by atoms with Gasteiger partial charge in [-0.3, -0.25) is 14.3 Å². The molecule has 1 aliphatic rings. The second-order valence-corrected chi connectivity index (χ2v) is 9.00. The lowest BCUT2D eigenvalue weighted by molar-refractivity contribution is 0.0787. The SMILES string of the molecule is CC(C)=CCN(CC=C(C)C)Cc1nc(-c2ncn3c2CN(C)C(=O)c2cc(F)ccc2-3)no1.Cl. The van der Waals surface area contributed by atoms with Crippen LogP contribution in [-0.2, 0) is 13.1 Å². The Morgan fingerprint density at radius 2 is 1.86 bits per heavy atom. The Labute approximate surface area is 210 Å². The molecule has 0 fully saturated rings. The monoisotopic (exact) mass is 500 g/mol. The van der Waals surface area contributed by atoms with Gasteiger partial charge in [0.1, 0.15) is 17.8 Å². The number of allylic oxidation sites excluding steroid dienone is 2. The minimum atomic E-state index is -0.460. The van der Waals surface area contributed by atoms with Crippen molar-refractivity contribution in [1.82, 2.24) is 29.5 Å². The van der Waals surface area contributed by atoms with Crippen LogP contribution in [0.3, 0.4) is 0 Å². The summed E-state index contributed by atoms with van der Waals surface area (Å²) in [6.07, 6.45) is 5.94. The van der Waals surface area contributed by atoms with Crippen molar-refractivity contribution in [3.63, 3.8) is 0 Å². The number of amides is 1. The molecule has 1 amide bonds. The van der Waals surface area contributed by atoms with E-state index in [0.717, 1.165) is 18.8 Å². The minimum Gasteiger partial charge on any atom is -0.337 e. The van der Waals surface area contributed by atoms with E-state index in [1.807, 2.05) is 0 Å². The Morgan fingerprint density at radius 1 is 1.17 bits per heavy atom. The lowest BCUT2D eigenvalue weighted by Gasteiger charge is -2.17. The number of aromatic nitrogens is 4. The summed E-state index contributed by atoms with van der Waals surface area (Å²) in [4.78, 5) is 25.7. The van der Waals surface area contributed by atoms with E-state index in [-0.39, 0.29) is 30.4 Å². The van der Waals surface area contributed by atoms with E-state index in [1.54, 1.807) is 24.0 Å². The lowest BCUT2D eigenvalue weighted by Crippen LogP contribution is -2.25. The Balaban J connectivity index is 0.00000342. The number of halogens is 2. The lowest BCUT2D eigenvalue weighted by atomic mass is 10.1. The fraction of sp³-hybridized carbons (Fsp3) is 0.360. The van der Waals surface area contributed by atoms with E-state index in [0.29, 0.717) is 29.6 Å². The zero-order valence-electron chi connectivity index (χ0n) is 20.6. The van der Waals surface area contributed by atoms with Crippen LogP contribution >= 0.6 is 12.4 Å². The number of carbonyl (C=O) groups is 1. The molecule has 35 heavy (non-hydrogen) atoms. The zero-order valence-corrected chi connectivity index (χ0v) is 21.4. The van der Waals surface area contributed by atoms with Crippen molar-refractivity contribution in [2.24, 2.45) is 0 Å². The van der Waals surface area contributed by atoms with Gasteiger partial charge in [-0.05, 0) is 45.9 Å². The van der Waals surface area contributed by atoms with Crippen LogP contribution in [0.5, 0.6) is 0 Å². The van der Waals surface area contributed by atoms with E-state index < -0.39 is 5.82 Å². The topological polar surface area (TPSA) is 80.3 Å². The van der Waals surface area contributed by atoms with Gasteiger partial charge < -0.3 is 9.42 Å². The number of rotatable bonds is 7. The third-order valence-corrected chi connectivity index (χ3v) is 5.60. The quantitative estimate of drug-likeness (QED) is 0.433. The van der Waals surface area contributed by atoms with Crippen molar-refractivity contribution in [1.29, 1.82) is 0 Å². The summed E-state index contributed by atoms with van der Waals surface area (Å²) in [6.45, 7) is 10.6. The third kappa shape index (κ3) is 5.86. The number of carbonyl (C=O) groups excluding carboxylic acids is 1. The summed E-state index contributed by atoms with van der Waals surface area (Å²) >= 11 is 0. The fourth-order valence-corrected chi connectivity index (χ4v) is 3.74. The van der Waals surface area contributed by atoms with Crippen molar-refractivity contribution >= 4 is 18.3 Å². The van der Waals surface area contributed by atoms with Gasteiger partial charge in [0.05, 0.1) is 30.0 Å². The number of hydrogen-bond donors (Lipinski definition) is 0. The van der Waals surface area contributed by atoms with E-state index in [9.17, 15) is 9.18 Å². The number of hydrogen-bond acceptors (Lipinski definition) is 6. The molecule has 1 aromatic carbocycles. The van der Waals surface area contributed by atoms with Gasteiger partial charge in [-0.15, -0.1) is 12.4 Å². The summed E-state index contributed by atoms with van der Waals surface area (Å²) in [6, 6.07) is 4.17. The highest BCUT2D eigenvalue weighted by molar-refractivity contribution is 5.98. The predicted molar refractivity (Wildman–Crippen MR) is 134 cm³/mol. The second kappa shape index (κ2) is 11.0. The first-order chi connectivity index (χ1) is 16.2. The summed E-state index contributed by atoms with van der Waals surface area (Å²) < 4.78 is 21.2. The molecule has 0 atom stereocenters. The molecule has 8 nitrogen and oxygen atoms in total. The zero-order chi connectivity index (χ0) is 24.4. The van der Waals surface area contributed by atoms with Crippen LogP contribution < -0.4 is 0 Å². The molecule has 0 saturated heterocycles. The van der Waals surface area contributed by atoms with Crippen molar-refractivity contribution in [3.8, 4) is 17.2 Å². The molecule has 0 aliphatic carbocycles. The van der Waals surface area contributed by atoms with Crippen LogP contribution in [0.15, 0.2) is 52.3 Å². The Morgan fingerprint density at radius 3 is 2.51 bits per heavy atom. The van der Waals surface area contributed by atoms with Gasteiger partial charge >= 0.3 is 0 Å². The van der Waals surface area contributed by atoms with Crippen molar-refractivity contribution in [2.45, 2.75) is 40.8 Å². The van der Waals surface area contributed by atoms with E-state index >= 15 is 0 Å². The Bertz CT molecular complexity index is 1250. The first-order valence-electron chi connectivity index (χ1n) is 11.2. The summed E-state index contributed by atoms with van der Waals surface area (Å²) in [5, 5.41) is 4.17. The van der Waals surface area contributed by atoms with Gasteiger partial charge in [0.2, 0.25) is 11.7 Å². The van der Waals surface area contributed by atoms with Crippen LogP contribution in [0.2, 0.25) is 0 Å². The van der Waals surface area contributed by atoms with Crippen molar-refractivity contribution in [3.05, 3.63) is 70.8 Å².